The molecule has 2 amide bonds. The quantitative estimate of drug-likeness (QED) is 0.785. The monoisotopic (exact) mass is 290 g/mol. The van der Waals surface area contributed by atoms with Crippen molar-refractivity contribution in [2.45, 2.75) is 19.4 Å². The minimum atomic E-state index is -0.657. The van der Waals surface area contributed by atoms with Gasteiger partial charge < -0.3 is 20.9 Å². The van der Waals surface area contributed by atoms with Crippen LogP contribution in [0, 0.1) is 0 Å². The van der Waals surface area contributed by atoms with Crippen LogP contribution in [0.4, 0.5) is 11.4 Å². The lowest BCUT2D eigenvalue weighted by Crippen LogP contribution is -2.62. The average Bonchev–Trinajstić information content (AvgIpc) is 2.45. The molecule has 21 heavy (non-hydrogen) atoms. The molecule has 0 unspecified atom stereocenters. The van der Waals surface area contributed by atoms with Crippen LogP contribution in [0.15, 0.2) is 18.2 Å². The lowest BCUT2D eigenvalue weighted by molar-refractivity contribution is -0.136. The number of nitrogens with two attached hydrogens (primary N) is 1. The molecule has 0 aliphatic carbocycles. The number of benzene rings is 1. The molecule has 3 N–H and O–H groups in total. The van der Waals surface area contributed by atoms with Crippen molar-refractivity contribution in [1.82, 2.24) is 10.2 Å². The summed E-state index contributed by atoms with van der Waals surface area (Å²) < 4.78 is 0. The number of hydrogen-bond donors (Lipinski definition) is 2. The van der Waals surface area contributed by atoms with Gasteiger partial charge in [-0.25, -0.2) is 0 Å². The van der Waals surface area contributed by atoms with Crippen LogP contribution in [-0.4, -0.2) is 49.4 Å². The molecule has 1 aliphatic heterocycles. The maximum Gasteiger partial charge on any atom is 0.251 e. The van der Waals surface area contributed by atoms with E-state index in [1.807, 2.05) is 18.7 Å². The Morgan fingerprint density at radius 3 is 2.57 bits per heavy atom. The van der Waals surface area contributed by atoms with Gasteiger partial charge in [0.25, 0.3) is 5.91 Å². The van der Waals surface area contributed by atoms with E-state index in [0.29, 0.717) is 24.3 Å². The second-order valence-corrected chi connectivity index (χ2v) is 5.79. The Balaban J connectivity index is 2.38. The number of likely N-dealkylation sites (N-methyl/N-ethyl adjacent to an activating group) is 1. The zero-order chi connectivity index (χ0) is 15.8. The molecule has 0 atom stereocenters. The summed E-state index contributed by atoms with van der Waals surface area (Å²) in [6.45, 7) is 5.13. The van der Waals surface area contributed by atoms with Crippen molar-refractivity contribution in [2.24, 2.45) is 0 Å². The molecule has 1 saturated heterocycles. The Bertz CT molecular complexity index is 583. The number of carbonyl (C=O) groups excluding carboxylic acids is 2. The zero-order valence-corrected chi connectivity index (χ0v) is 12.9. The molecule has 0 radical (unpaired) electrons. The fourth-order valence-corrected chi connectivity index (χ4v) is 2.72. The van der Waals surface area contributed by atoms with E-state index in [-0.39, 0.29) is 11.8 Å². The standard InChI is InChI=1S/C15H22N4O2/c1-15(2)14(21)18(4)7-8-19(15)12-6-5-10(9-11(12)16)13(20)17-3/h5-6,9H,7-8,16H2,1-4H3,(H,17,20). The molecule has 0 aromatic heterocycles. The fraction of sp³-hybridized carbons (Fsp3) is 0.467. The van der Waals surface area contributed by atoms with Crippen molar-refractivity contribution in [3.05, 3.63) is 23.8 Å². The van der Waals surface area contributed by atoms with Crippen molar-refractivity contribution in [2.75, 3.05) is 37.8 Å². The van der Waals surface area contributed by atoms with E-state index >= 15 is 0 Å². The van der Waals surface area contributed by atoms with Crippen molar-refractivity contribution in [3.63, 3.8) is 0 Å². The normalized spacial score (nSPS) is 17.8. The molecule has 1 heterocycles. The predicted molar refractivity (Wildman–Crippen MR) is 83.3 cm³/mol. The number of piperazine rings is 1. The van der Waals surface area contributed by atoms with Gasteiger partial charge in [0.15, 0.2) is 0 Å². The first-order valence-corrected chi connectivity index (χ1v) is 6.94. The molecule has 114 valence electrons. The fourth-order valence-electron chi connectivity index (χ4n) is 2.72. The first kappa shape index (κ1) is 15.2. The topological polar surface area (TPSA) is 78.7 Å². The highest BCUT2D eigenvalue weighted by atomic mass is 16.2. The third-order valence-corrected chi connectivity index (χ3v) is 4.01. The second kappa shape index (κ2) is 5.27. The number of anilines is 2. The molecule has 6 heteroatoms. The highest BCUT2D eigenvalue weighted by Crippen LogP contribution is 2.33. The van der Waals surface area contributed by atoms with E-state index in [9.17, 15) is 9.59 Å². The number of hydrogen-bond acceptors (Lipinski definition) is 4. The Hall–Kier alpha value is -2.24. The van der Waals surface area contributed by atoms with E-state index in [2.05, 4.69) is 5.32 Å². The van der Waals surface area contributed by atoms with E-state index < -0.39 is 5.54 Å². The summed E-state index contributed by atoms with van der Waals surface area (Å²) in [6.07, 6.45) is 0. The lowest BCUT2D eigenvalue weighted by atomic mass is 9.96. The van der Waals surface area contributed by atoms with Gasteiger partial charge in [-0.15, -0.1) is 0 Å². The van der Waals surface area contributed by atoms with Gasteiger partial charge in [-0.1, -0.05) is 0 Å². The number of carbonyl (C=O) groups is 2. The number of nitrogen functional groups attached to an aromatic ring is 1. The van der Waals surface area contributed by atoms with Gasteiger partial charge >= 0.3 is 0 Å². The van der Waals surface area contributed by atoms with Crippen molar-refractivity contribution >= 4 is 23.2 Å². The smallest absolute Gasteiger partial charge is 0.251 e. The van der Waals surface area contributed by atoms with Gasteiger partial charge in [0.1, 0.15) is 5.54 Å². The van der Waals surface area contributed by atoms with Crippen LogP contribution in [0.5, 0.6) is 0 Å². The van der Waals surface area contributed by atoms with Crippen LogP contribution in [-0.2, 0) is 4.79 Å². The number of nitrogens with one attached hydrogen (secondary N) is 1. The molecule has 0 bridgehead atoms. The number of amides is 2. The molecular formula is C15H22N4O2. The molecule has 6 nitrogen and oxygen atoms in total. The second-order valence-electron chi connectivity index (χ2n) is 5.79. The van der Waals surface area contributed by atoms with Crippen LogP contribution < -0.4 is 16.0 Å². The maximum atomic E-state index is 12.3. The Kier molecular flexibility index (Phi) is 3.80. The van der Waals surface area contributed by atoms with Crippen molar-refractivity contribution in [3.8, 4) is 0 Å². The van der Waals surface area contributed by atoms with Crippen LogP contribution in [0.3, 0.4) is 0 Å². The van der Waals surface area contributed by atoms with Crippen LogP contribution >= 0.6 is 0 Å². The number of rotatable bonds is 2. The van der Waals surface area contributed by atoms with E-state index in [0.717, 1.165) is 5.69 Å². The van der Waals surface area contributed by atoms with Gasteiger partial charge in [0.2, 0.25) is 5.91 Å². The SMILES string of the molecule is CNC(=O)c1ccc(N2CCN(C)C(=O)C2(C)C)c(N)c1. The van der Waals surface area contributed by atoms with Crippen LogP contribution in [0.2, 0.25) is 0 Å². The summed E-state index contributed by atoms with van der Waals surface area (Å²) in [4.78, 5) is 27.7. The van der Waals surface area contributed by atoms with E-state index in [1.54, 1.807) is 37.2 Å². The average molecular weight is 290 g/mol. The zero-order valence-electron chi connectivity index (χ0n) is 12.9. The van der Waals surface area contributed by atoms with Crippen LogP contribution in [0.1, 0.15) is 24.2 Å². The van der Waals surface area contributed by atoms with E-state index in [1.165, 1.54) is 0 Å². The minimum Gasteiger partial charge on any atom is -0.397 e. The van der Waals surface area contributed by atoms with Gasteiger partial charge in [-0.2, -0.15) is 0 Å². The Morgan fingerprint density at radius 1 is 1.33 bits per heavy atom. The van der Waals surface area contributed by atoms with Gasteiger partial charge in [0.05, 0.1) is 11.4 Å². The molecule has 1 aromatic rings. The third-order valence-electron chi connectivity index (χ3n) is 4.01. The van der Waals surface area contributed by atoms with Gasteiger partial charge in [-0.05, 0) is 32.0 Å². The van der Waals surface area contributed by atoms with Crippen molar-refractivity contribution < 1.29 is 9.59 Å². The summed E-state index contributed by atoms with van der Waals surface area (Å²) in [5.41, 5.74) is 7.24. The first-order valence-electron chi connectivity index (χ1n) is 6.94. The van der Waals surface area contributed by atoms with Gasteiger partial charge in [0, 0.05) is 32.7 Å². The lowest BCUT2D eigenvalue weighted by Gasteiger charge is -2.46. The molecular weight excluding hydrogens is 268 g/mol. The van der Waals surface area contributed by atoms with Gasteiger partial charge in [-0.3, -0.25) is 9.59 Å². The number of nitrogens with zero attached hydrogens (tertiary/aromatic N) is 2. The predicted octanol–water partition coefficient (Wildman–Crippen LogP) is 0.685. The minimum absolute atomic E-state index is 0.0588. The highest BCUT2D eigenvalue weighted by Gasteiger charge is 2.41. The molecule has 1 aliphatic rings. The maximum absolute atomic E-state index is 12.3. The molecule has 2 rings (SSSR count). The molecule has 0 spiro atoms. The summed E-state index contributed by atoms with van der Waals surface area (Å²) in [6, 6.07) is 5.18. The van der Waals surface area contributed by atoms with Crippen LogP contribution in [0.25, 0.3) is 0 Å². The first-order chi connectivity index (χ1) is 9.78. The van der Waals surface area contributed by atoms with E-state index in [4.69, 9.17) is 5.73 Å². The largest absolute Gasteiger partial charge is 0.397 e. The Morgan fingerprint density at radius 2 is 2.00 bits per heavy atom. The van der Waals surface area contributed by atoms with Crippen molar-refractivity contribution in [1.29, 1.82) is 0 Å². The molecule has 1 fully saturated rings. The molecule has 1 aromatic carbocycles. The summed E-state index contributed by atoms with van der Waals surface area (Å²) in [7, 11) is 3.38. The Labute approximate surface area is 124 Å². The molecule has 0 saturated carbocycles. The summed E-state index contributed by atoms with van der Waals surface area (Å²) in [5.74, 6) is -0.120. The summed E-state index contributed by atoms with van der Waals surface area (Å²) >= 11 is 0. The summed E-state index contributed by atoms with van der Waals surface area (Å²) in [5, 5.41) is 2.57. The highest BCUT2D eigenvalue weighted by molar-refractivity contribution is 5.97. The third kappa shape index (κ3) is 2.53.